The first-order valence-electron chi connectivity index (χ1n) is 16.2. The molecule has 6 aromatic carbocycles. The molecule has 0 amide bonds. The van der Waals surface area contributed by atoms with Crippen molar-refractivity contribution in [2.24, 2.45) is 0 Å². The Kier molecular flexibility index (Phi) is 6.28. The topological polar surface area (TPSA) is 15.3 Å². The highest BCUT2D eigenvalue weighted by atomic mass is 15.2. The van der Waals surface area contributed by atoms with Crippen LogP contribution in [0.5, 0.6) is 0 Å². The first-order chi connectivity index (χ1) is 22.8. The van der Waals surface area contributed by atoms with E-state index in [9.17, 15) is 0 Å². The predicted molar refractivity (Wildman–Crippen MR) is 191 cm³/mol. The molecule has 2 heterocycles. The maximum Gasteiger partial charge on any atom is 0.0715 e. The first-order valence-corrected chi connectivity index (χ1v) is 16.2. The van der Waals surface area contributed by atoms with Crippen molar-refractivity contribution in [1.29, 1.82) is 0 Å². The molecule has 3 aliphatic rings. The van der Waals surface area contributed by atoms with E-state index in [1.54, 1.807) is 0 Å². The zero-order valence-electron chi connectivity index (χ0n) is 25.5. The summed E-state index contributed by atoms with van der Waals surface area (Å²) in [5, 5.41) is 4.09. The Hall–Kier alpha value is -5.60. The van der Waals surface area contributed by atoms with Gasteiger partial charge in [0, 0.05) is 23.0 Å². The van der Waals surface area contributed by atoms with E-state index in [0.29, 0.717) is 0 Å². The first kappa shape index (κ1) is 26.8. The van der Waals surface area contributed by atoms with Gasteiger partial charge < -0.3 is 10.2 Å². The Balaban J connectivity index is 1.30. The number of rotatable bonds is 5. The van der Waals surface area contributed by atoms with E-state index in [2.05, 4.69) is 192 Å². The minimum absolute atomic E-state index is 0.0171. The Labute approximate surface area is 271 Å². The molecule has 1 aliphatic carbocycles. The number of hydrogen-bond donors (Lipinski definition) is 1. The van der Waals surface area contributed by atoms with Crippen LogP contribution in [0.4, 0.5) is 17.1 Å². The van der Waals surface area contributed by atoms with Crippen molar-refractivity contribution in [1.82, 2.24) is 0 Å². The van der Waals surface area contributed by atoms with Crippen molar-refractivity contribution < 1.29 is 0 Å². The van der Waals surface area contributed by atoms with Crippen molar-refractivity contribution >= 4 is 17.1 Å². The van der Waals surface area contributed by atoms with Gasteiger partial charge in [-0.2, -0.15) is 0 Å². The lowest BCUT2D eigenvalue weighted by molar-refractivity contribution is 0.554. The van der Waals surface area contributed by atoms with Crippen LogP contribution in [0.25, 0.3) is 11.1 Å². The van der Waals surface area contributed by atoms with E-state index in [1.165, 1.54) is 56.0 Å². The zero-order chi connectivity index (χ0) is 30.5. The van der Waals surface area contributed by atoms with Gasteiger partial charge in [0.05, 0.1) is 17.5 Å². The zero-order valence-corrected chi connectivity index (χ0v) is 25.5. The average molecular weight is 591 g/mol. The Morgan fingerprint density at radius 3 is 1.85 bits per heavy atom. The molecule has 2 heteroatoms. The van der Waals surface area contributed by atoms with Crippen LogP contribution in [0, 0.1) is 0 Å². The van der Waals surface area contributed by atoms with Crippen molar-refractivity contribution in [2.45, 2.75) is 23.4 Å². The van der Waals surface area contributed by atoms with Crippen molar-refractivity contribution in [3.63, 3.8) is 0 Å². The number of anilines is 3. The Morgan fingerprint density at radius 2 is 1.15 bits per heavy atom. The molecule has 0 saturated carbocycles. The Bertz CT molecular complexity index is 2040. The summed E-state index contributed by atoms with van der Waals surface area (Å²) in [4.78, 5) is 2.57. The van der Waals surface area contributed by atoms with Gasteiger partial charge in [0.1, 0.15) is 0 Å². The maximum atomic E-state index is 4.09. The summed E-state index contributed by atoms with van der Waals surface area (Å²) in [6, 6.07) is 58.1. The van der Waals surface area contributed by atoms with Crippen molar-refractivity contribution in [3.05, 3.63) is 210 Å². The van der Waals surface area contributed by atoms with Gasteiger partial charge in [-0.25, -0.2) is 0 Å². The molecule has 0 radical (unpaired) electrons. The van der Waals surface area contributed by atoms with E-state index in [0.717, 1.165) is 0 Å². The molecule has 0 bridgehead atoms. The lowest BCUT2D eigenvalue weighted by Crippen LogP contribution is -2.35. The fourth-order valence-corrected chi connectivity index (χ4v) is 8.20. The van der Waals surface area contributed by atoms with Crippen LogP contribution in [-0.4, -0.2) is 6.04 Å². The fourth-order valence-electron chi connectivity index (χ4n) is 8.20. The van der Waals surface area contributed by atoms with Gasteiger partial charge in [-0.3, -0.25) is 0 Å². The summed E-state index contributed by atoms with van der Waals surface area (Å²) >= 11 is 0. The van der Waals surface area contributed by atoms with E-state index in [-0.39, 0.29) is 18.0 Å². The number of hydrogen-bond acceptors (Lipinski definition) is 2. The van der Waals surface area contributed by atoms with Crippen molar-refractivity contribution in [2.75, 3.05) is 10.2 Å². The molecular weight excluding hydrogens is 556 g/mol. The van der Waals surface area contributed by atoms with Crippen LogP contribution in [-0.2, 0) is 5.41 Å². The summed E-state index contributed by atoms with van der Waals surface area (Å²) in [7, 11) is 0. The van der Waals surface area contributed by atoms with Gasteiger partial charge in [-0.05, 0) is 63.2 Å². The minimum atomic E-state index is -0.439. The van der Waals surface area contributed by atoms with Crippen LogP contribution < -0.4 is 10.2 Å². The third-order valence-corrected chi connectivity index (χ3v) is 10.2. The highest BCUT2D eigenvalue weighted by Crippen LogP contribution is 2.60. The van der Waals surface area contributed by atoms with Crippen LogP contribution in [0.3, 0.4) is 0 Å². The summed E-state index contributed by atoms with van der Waals surface area (Å²) in [6.07, 6.45) is 9.16. The monoisotopic (exact) mass is 590 g/mol. The summed E-state index contributed by atoms with van der Waals surface area (Å²) in [5.74, 6) is 0.270. The molecule has 6 aromatic rings. The molecule has 0 aromatic heterocycles. The van der Waals surface area contributed by atoms with Crippen LogP contribution in [0.15, 0.2) is 182 Å². The third-order valence-electron chi connectivity index (χ3n) is 10.2. The smallest absolute Gasteiger partial charge is 0.0715 e. The number of nitrogens with zero attached hydrogens (tertiary/aromatic N) is 1. The molecule has 2 nitrogen and oxygen atoms in total. The van der Waals surface area contributed by atoms with Gasteiger partial charge in [0.15, 0.2) is 0 Å². The molecular formula is C44H34N2. The molecule has 0 fully saturated rings. The van der Waals surface area contributed by atoms with Crippen LogP contribution in [0.2, 0.25) is 0 Å². The fraction of sp³-hybridized carbons (Fsp3) is 0.0909. The molecule has 3 unspecified atom stereocenters. The summed E-state index contributed by atoms with van der Waals surface area (Å²) in [5.41, 5.74) is 12.3. The molecule has 46 heavy (non-hydrogen) atoms. The van der Waals surface area contributed by atoms with E-state index in [1.807, 2.05) is 0 Å². The summed E-state index contributed by atoms with van der Waals surface area (Å²) < 4.78 is 0. The van der Waals surface area contributed by atoms with E-state index >= 15 is 0 Å². The molecule has 2 aliphatic heterocycles. The number of nitrogens with one attached hydrogen (secondary N) is 1. The van der Waals surface area contributed by atoms with E-state index in [4.69, 9.17) is 0 Å². The largest absolute Gasteiger partial charge is 0.376 e. The molecule has 9 rings (SSSR count). The standard InChI is InChI=1S/C44H34N2/c1-5-16-31(17-6-1)33-20-15-25-36(28-33)46-41-27-14-13-26-37(41)38-29-40-39(30-42(38)46)44(34-21-9-3-10-22-34,35-23-11-4-12-24-35)43(45-40)32-18-7-2-8-19-32/h1-30,37,41,43,45H. The second-order valence-electron chi connectivity index (χ2n) is 12.6. The quantitative estimate of drug-likeness (QED) is 0.215. The lowest BCUT2D eigenvalue weighted by atomic mass is 9.65. The maximum absolute atomic E-state index is 4.09. The van der Waals surface area contributed by atoms with Crippen molar-refractivity contribution in [3.8, 4) is 11.1 Å². The van der Waals surface area contributed by atoms with Crippen LogP contribution >= 0.6 is 0 Å². The second kappa shape index (κ2) is 10.8. The molecule has 1 N–H and O–H groups in total. The third kappa shape index (κ3) is 4.03. The van der Waals surface area contributed by atoms with Crippen LogP contribution in [0.1, 0.15) is 39.8 Å². The minimum Gasteiger partial charge on any atom is -0.376 e. The average Bonchev–Trinajstić information content (AvgIpc) is 3.65. The number of fused-ring (bicyclic) bond motifs is 4. The van der Waals surface area contributed by atoms with Gasteiger partial charge in [0.2, 0.25) is 0 Å². The SMILES string of the molecule is C1=CC2c3cc4c(cc3N(c3cccc(-c5ccccc5)c3)C2C=C1)C(c1ccccc1)(c1ccccc1)C(c1ccccc1)N4. The number of benzene rings is 6. The van der Waals surface area contributed by atoms with Gasteiger partial charge in [0.25, 0.3) is 0 Å². The second-order valence-corrected chi connectivity index (χ2v) is 12.6. The molecule has 3 atom stereocenters. The number of allylic oxidation sites excluding steroid dienone is 2. The van der Waals surface area contributed by atoms with Gasteiger partial charge in [-0.15, -0.1) is 0 Å². The summed E-state index contributed by atoms with van der Waals surface area (Å²) in [6.45, 7) is 0. The highest BCUT2D eigenvalue weighted by molar-refractivity contribution is 5.84. The van der Waals surface area contributed by atoms with Gasteiger partial charge in [-0.1, -0.05) is 158 Å². The highest BCUT2D eigenvalue weighted by Gasteiger charge is 2.52. The normalized spacial score (nSPS) is 20.1. The molecule has 0 saturated heterocycles. The van der Waals surface area contributed by atoms with E-state index < -0.39 is 5.41 Å². The molecule has 0 spiro atoms. The van der Waals surface area contributed by atoms with Gasteiger partial charge >= 0.3 is 0 Å². The lowest BCUT2D eigenvalue weighted by Gasteiger charge is -2.38. The Morgan fingerprint density at radius 1 is 0.543 bits per heavy atom. The molecule has 220 valence electrons. The predicted octanol–water partition coefficient (Wildman–Crippen LogP) is 10.6.